The van der Waals surface area contributed by atoms with Crippen LogP contribution in [0.5, 0.6) is 5.75 Å². The maximum absolute atomic E-state index is 13.7. The molecule has 7 nitrogen and oxygen atoms in total. The Labute approximate surface area is 187 Å². The molecule has 1 fully saturated rings. The van der Waals surface area contributed by atoms with E-state index >= 15 is 0 Å². The highest BCUT2D eigenvalue weighted by Gasteiger charge is 2.40. The number of nitrogens with zero attached hydrogens (tertiary/aromatic N) is 1. The zero-order valence-corrected chi connectivity index (χ0v) is 20.8. The van der Waals surface area contributed by atoms with E-state index < -0.39 is 21.6 Å². The van der Waals surface area contributed by atoms with Crippen LogP contribution in [0.2, 0.25) is 0 Å². The van der Waals surface area contributed by atoms with Gasteiger partial charge in [0.25, 0.3) is 0 Å². The molecule has 0 bridgehead atoms. The minimum atomic E-state index is -3.75. The van der Waals surface area contributed by atoms with Crippen molar-refractivity contribution in [2.75, 3.05) is 26.9 Å². The highest BCUT2D eigenvalue weighted by molar-refractivity contribution is 7.89. The van der Waals surface area contributed by atoms with E-state index in [1.165, 1.54) is 0 Å². The largest absolute Gasteiger partial charge is 0.497 e. The maximum Gasteiger partial charge on any atom is 0.332 e. The minimum Gasteiger partial charge on any atom is -0.497 e. The van der Waals surface area contributed by atoms with Crippen LogP contribution in [0.25, 0.3) is 0 Å². The van der Waals surface area contributed by atoms with Crippen molar-refractivity contribution in [1.82, 2.24) is 4.31 Å². The molecule has 176 valence electrons. The summed E-state index contributed by atoms with van der Waals surface area (Å²) in [6, 6.07) is 3.13. The van der Waals surface area contributed by atoms with Gasteiger partial charge in [-0.1, -0.05) is 13.8 Å². The first kappa shape index (κ1) is 25.6. The van der Waals surface area contributed by atoms with Crippen LogP contribution in [0, 0.1) is 25.7 Å². The van der Waals surface area contributed by atoms with Crippen LogP contribution in [-0.4, -0.2) is 57.2 Å². The Morgan fingerprint density at radius 3 is 2.23 bits per heavy atom. The van der Waals surface area contributed by atoms with Crippen LogP contribution in [0.1, 0.15) is 52.2 Å². The number of rotatable bonds is 7. The average molecular weight is 456 g/mol. The molecule has 1 aromatic rings. The van der Waals surface area contributed by atoms with Gasteiger partial charge in [0.15, 0.2) is 0 Å². The summed E-state index contributed by atoms with van der Waals surface area (Å²) in [4.78, 5) is 12.3. The first-order chi connectivity index (χ1) is 14.3. The second-order valence-corrected chi connectivity index (χ2v) is 11.4. The van der Waals surface area contributed by atoms with Crippen molar-refractivity contribution in [2.24, 2.45) is 11.8 Å². The topological polar surface area (TPSA) is 82.1 Å². The molecule has 2 rings (SSSR count). The van der Waals surface area contributed by atoms with Crippen LogP contribution in [0.4, 0.5) is 0 Å². The van der Waals surface area contributed by atoms with E-state index in [2.05, 4.69) is 13.8 Å². The number of aryl methyl sites for hydroxylation is 2. The quantitative estimate of drug-likeness (QED) is 0.583. The van der Waals surface area contributed by atoms with Crippen molar-refractivity contribution in [2.45, 2.75) is 71.4 Å². The van der Waals surface area contributed by atoms with E-state index in [-0.39, 0.29) is 25.2 Å². The SMILES string of the molecule is COc1cc(C)c(S(=O)(=O)N2CC(C)C(C)C[C@H]2COCC(=O)OC(C)(C)C)c(C)c1. The number of hydrogen-bond acceptors (Lipinski definition) is 6. The second kappa shape index (κ2) is 9.88. The van der Waals surface area contributed by atoms with Crippen LogP contribution < -0.4 is 4.74 Å². The first-order valence-electron chi connectivity index (χ1n) is 10.7. The molecule has 0 saturated carbocycles. The standard InChI is InChI=1S/C23H37NO6S/c1-15-9-19(13-29-14-21(25)30-23(5,6)7)24(12-18(15)4)31(26,27)22-16(2)10-20(28-8)11-17(22)3/h10-11,15,18-19H,9,12-14H2,1-8H3/t15?,18?,19-/m0/s1. The summed E-state index contributed by atoms with van der Waals surface area (Å²) in [6.07, 6.45) is 0.670. The summed E-state index contributed by atoms with van der Waals surface area (Å²) >= 11 is 0. The highest BCUT2D eigenvalue weighted by Crippen LogP contribution is 2.35. The molecule has 2 unspecified atom stereocenters. The van der Waals surface area contributed by atoms with Crippen LogP contribution in [-0.2, 0) is 24.3 Å². The third-order valence-electron chi connectivity index (χ3n) is 5.68. The predicted octanol–water partition coefficient (Wildman–Crippen LogP) is 3.71. The third-order valence-corrected chi connectivity index (χ3v) is 7.90. The smallest absolute Gasteiger partial charge is 0.332 e. The van der Waals surface area contributed by atoms with Crippen molar-refractivity contribution >= 4 is 16.0 Å². The van der Waals surface area contributed by atoms with Gasteiger partial charge in [0, 0.05) is 12.6 Å². The van der Waals surface area contributed by atoms with Crippen LogP contribution in [0.3, 0.4) is 0 Å². The Balaban J connectivity index is 2.25. The Morgan fingerprint density at radius 1 is 1.13 bits per heavy atom. The fourth-order valence-electron chi connectivity index (χ4n) is 4.04. The molecular weight excluding hydrogens is 418 g/mol. The molecule has 0 N–H and O–H groups in total. The summed E-state index contributed by atoms with van der Waals surface area (Å²) in [5.41, 5.74) is 0.710. The van der Waals surface area contributed by atoms with E-state index in [0.29, 0.717) is 40.7 Å². The molecule has 0 radical (unpaired) electrons. The molecule has 0 spiro atoms. The van der Waals surface area contributed by atoms with E-state index in [0.717, 1.165) is 0 Å². The Bertz CT molecular complexity index is 867. The number of esters is 1. The summed E-state index contributed by atoms with van der Waals surface area (Å²) in [6.45, 7) is 13.5. The summed E-state index contributed by atoms with van der Waals surface area (Å²) in [7, 11) is -2.19. The normalized spacial score (nSPS) is 22.9. The zero-order chi connectivity index (χ0) is 23.6. The van der Waals surface area contributed by atoms with E-state index in [9.17, 15) is 13.2 Å². The molecule has 1 heterocycles. The van der Waals surface area contributed by atoms with Gasteiger partial charge in [-0.2, -0.15) is 4.31 Å². The van der Waals surface area contributed by atoms with Gasteiger partial charge < -0.3 is 14.2 Å². The molecule has 3 atom stereocenters. The zero-order valence-electron chi connectivity index (χ0n) is 20.0. The van der Waals surface area contributed by atoms with Gasteiger partial charge >= 0.3 is 5.97 Å². The van der Waals surface area contributed by atoms with E-state index in [1.54, 1.807) is 58.2 Å². The second-order valence-electron chi connectivity index (χ2n) is 9.61. The summed E-state index contributed by atoms with van der Waals surface area (Å²) in [5, 5.41) is 0. The molecule has 1 saturated heterocycles. The number of sulfonamides is 1. The monoisotopic (exact) mass is 455 g/mol. The highest BCUT2D eigenvalue weighted by atomic mass is 32.2. The van der Waals surface area contributed by atoms with Gasteiger partial charge in [0.1, 0.15) is 18.0 Å². The molecule has 1 aromatic carbocycles. The molecule has 8 heteroatoms. The summed E-state index contributed by atoms with van der Waals surface area (Å²) in [5.74, 6) is 0.739. The fraction of sp³-hybridized carbons (Fsp3) is 0.696. The van der Waals surface area contributed by atoms with Crippen molar-refractivity contribution in [1.29, 1.82) is 0 Å². The van der Waals surface area contributed by atoms with Gasteiger partial charge in [-0.25, -0.2) is 13.2 Å². The van der Waals surface area contributed by atoms with Gasteiger partial charge in [-0.3, -0.25) is 0 Å². The van der Waals surface area contributed by atoms with Gasteiger partial charge in [-0.05, 0) is 76.1 Å². The number of ether oxygens (including phenoxy) is 3. The lowest BCUT2D eigenvalue weighted by atomic mass is 9.86. The van der Waals surface area contributed by atoms with Crippen molar-refractivity contribution in [3.05, 3.63) is 23.3 Å². The van der Waals surface area contributed by atoms with E-state index in [4.69, 9.17) is 14.2 Å². The van der Waals surface area contributed by atoms with Crippen LogP contribution in [0.15, 0.2) is 17.0 Å². The molecule has 1 aliphatic rings. The fourth-order valence-corrected chi connectivity index (χ4v) is 6.18. The van der Waals surface area contributed by atoms with Gasteiger partial charge in [0.2, 0.25) is 10.0 Å². The van der Waals surface area contributed by atoms with Crippen LogP contribution >= 0.6 is 0 Å². The molecule has 1 aliphatic heterocycles. The number of methoxy groups -OCH3 is 1. The average Bonchev–Trinajstić information content (AvgIpc) is 2.61. The Hall–Kier alpha value is -1.64. The van der Waals surface area contributed by atoms with Gasteiger partial charge in [-0.15, -0.1) is 0 Å². The van der Waals surface area contributed by atoms with Crippen molar-refractivity contribution < 1.29 is 27.4 Å². The van der Waals surface area contributed by atoms with Crippen molar-refractivity contribution in [3.8, 4) is 5.75 Å². The number of benzene rings is 1. The van der Waals surface area contributed by atoms with Gasteiger partial charge in [0.05, 0.1) is 18.6 Å². The third kappa shape index (κ3) is 6.43. The lowest BCUT2D eigenvalue weighted by Crippen LogP contribution is -2.51. The summed E-state index contributed by atoms with van der Waals surface area (Å²) < 4.78 is 45.2. The lowest BCUT2D eigenvalue weighted by molar-refractivity contribution is -0.160. The molecule has 0 aromatic heterocycles. The molecule has 31 heavy (non-hydrogen) atoms. The first-order valence-corrected chi connectivity index (χ1v) is 12.2. The molecule has 0 aliphatic carbocycles. The van der Waals surface area contributed by atoms with Crippen molar-refractivity contribution in [3.63, 3.8) is 0 Å². The predicted molar refractivity (Wildman–Crippen MR) is 120 cm³/mol. The lowest BCUT2D eigenvalue weighted by Gasteiger charge is -2.41. The molecule has 0 amide bonds. The minimum absolute atomic E-state index is 0.143. The maximum atomic E-state index is 13.7. The number of hydrogen-bond donors (Lipinski definition) is 0. The Kier molecular flexibility index (Phi) is 8.16. The van der Waals surface area contributed by atoms with E-state index in [1.807, 2.05) is 0 Å². The Morgan fingerprint density at radius 2 is 1.71 bits per heavy atom. The number of carbonyl (C=O) groups excluding carboxylic acids is 1. The number of carbonyl (C=O) groups is 1. The molecular formula is C23H37NO6S. The number of piperidine rings is 1.